The second-order valence-electron chi connectivity index (χ2n) is 17.8. The van der Waals surface area contributed by atoms with Crippen molar-refractivity contribution in [1.82, 2.24) is 16.0 Å². The van der Waals surface area contributed by atoms with Crippen LogP contribution in [-0.4, -0.2) is 61.6 Å². The van der Waals surface area contributed by atoms with Gasteiger partial charge in [-0.05, 0) is 120 Å². The third-order valence-corrected chi connectivity index (χ3v) is 12.3. The van der Waals surface area contributed by atoms with Crippen molar-refractivity contribution in [3.8, 4) is 22.3 Å². The summed E-state index contributed by atoms with van der Waals surface area (Å²) in [5.74, 6) is -1.98. The largest absolute Gasteiger partial charge is 0.471 e. The van der Waals surface area contributed by atoms with Crippen molar-refractivity contribution in [1.29, 1.82) is 0 Å². The second kappa shape index (κ2) is 23.1. The Bertz CT molecular complexity index is 2670. The highest BCUT2D eigenvalue weighted by atomic mass is 19.4. The lowest BCUT2D eigenvalue weighted by molar-refractivity contribution is -0.174. The first kappa shape index (κ1) is 50.3. The highest BCUT2D eigenvalue weighted by Crippen LogP contribution is 2.45. The Labute approximate surface area is 406 Å². The van der Waals surface area contributed by atoms with Gasteiger partial charge in [-0.25, -0.2) is 14.4 Å². The predicted molar refractivity (Wildman–Crippen MR) is 267 cm³/mol. The van der Waals surface area contributed by atoms with Crippen LogP contribution in [0.3, 0.4) is 0 Å². The summed E-state index contributed by atoms with van der Waals surface area (Å²) in [5, 5.41) is 13.3. The van der Waals surface area contributed by atoms with Gasteiger partial charge >= 0.3 is 30.3 Å². The van der Waals surface area contributed by atoms with E-state index >= 15 is 0 Å². The van der Waals surface area contributed by atoms with Gasteiger partial charge in [-0.15, -0.1) is 0 Å². The molecule has 5 amide bonds. The van der Waals surface area contributed by atoms with E-state index in [-0.39, 0.29) is 49.6 Å². The lowest BCUT2D eigenvalue weighted by Crippen LogP contribution is -2.45. The molecule has 6 aromatic carbocycles. The SMILES string of the molecule is CCC[C@@H](C)NC(=O)N[C@H](C)Cc1ccc(NC(=O)OCC2c3ccccc3-c3ccccc32)cc1.C[C@H](Cc1ccc(NC(=O)OCC2c3ccccc3-c3ccccc32)cc1)NC(=O)C(F)(F)F. The summed E-state index contributed by atoms with van der Waals surface area (Å²) in [6.07, 6.45) is -3.08. The van der Waals surface area contributed by atoms with Crippen molar-refractivity contribution in [3.63, 3.8) is 0 Å². The minimum atomic E-state index is -4.91. The quantitative estimate of drug-likeness (QED) is 0.0693. The maximum absolute atomic E-state index is 12.5. The van der Waals surface area contributed by atoms with Crippen molar-refractivity contribution < 1.29 is 41.8 Å². The number of anilines is 2. The smallest absolute Gasteiger partial charge is 0.448 e. The summed E-state index contributed by atoms with van der Waals surface area (Å²) in [6, 6.07) is 46.2. The number of hydrogen-bond acceptors (Lipinski definition) is 6. The normalized spacial score (nSPS) is 13.6. The van der Waals surface area contributed by atoms with Crippen LogP contribution in [0.2, 0.25) is 0 Å². The van der Waals surface area contributed by atoms with E-state index in [2.05, 4.69) is 64.6 Å². The average molecular weight is 954 g/mol. The van der Waals surface area contributed by atoms with Crippen LogP contribution in [0.25, 0.3) is 22.3 Å². The zero-order valence-corrected chi connectivity index (χ0v) is 39.6. The highest BCUT2D eigenvalue weighted by molar-refractivity contribution is 5.86. The van der Waals surface area contributed by atoms with Crippen molar-refractivity contribution >= 4 is 35.5 Å². The average Bonchev–Trinajstić information content (AvgIpc) is 3.83. The Kier molecular flexibility index (Phi) is 16.6. The van der Waals surface area contributed by atoms with E-state index in [1.807, 2.05) is 104 Å². The molecule has 2 aliphatic carbocycles. The van der Waals surface area contributed by atoms with Crippen molar-refractivity contribution in [2.75, 3.05) is 23.8 Å². The first-order valence-electron chi connectivity index (χ1n) is 23.5. The van der Waals surface area contributed by atoms with Crippen LogP contribution in [0, 0.1) is 0 Å². The van der Waals surface area contributed by atoms with Crippen LogP contribution in [0.5, 0.6) is 0 Å². The van der Waals surface area contributed by atoms with Crippen molar-refractivity contribution in [2.45, 2.75) is 89.5 Å². The number of carbonyl (C=O) groups is 4. The third kappa shape index (κ3) is 13.1. The first-order valence-corrected chi connectivity index (χ1v) is 23.5. The molecule has 2 aliphatic rings. The van der Waals surface area contributed by atoms with Gasteiger partial charge < -0.3 is 25.4 Å². The molecule has 6 aromatic rings. The molecule has 70 heavy (non-hydrogen) atoms. The van der Waals surface area contributed by atoms with E-state index < -0.39 is 30.3 Å². The van der Waals surface area contributed by atoms with Crippen LogP contribution >= 0.6 is 0 Å². The van der Waals surface area contributed by atoms with Gasteiger partial charge in [0.2, 0.25) is 0 Å². The Balaban J connectivity index is 0.000000207. The molecule has 0 bridgehead atoms. The van der Waals surface area contributed by atoms with Crippen LogP contribution < -0.4 is 26.6 Å². The van der Waals surface area contributed by atoms with Crippen LogP contribution in [0.1, 0.15) is 85.8 Å². The molecule has 0 aliphatic heterocycles. The number of amides is 5. The van der Waals surface area contributed by atoms with E-state index in [9.17, 15) is 32.3 Å². The molecule has 0 saturated heterocycles. The number of halogens is 3. The standard InChI is InChI=1S/C30H35N3O3.C26H23F3N2O3/c1-4-9-20(2)31-29(34)32-21(3)18-22-14-16-23(17-15-22)33-30(35)36-19-28-26-12-7-5-10-24(26)25-11-6-8-13-27(25)28;1-16(30-24(32)26(27,28)29)14-17-10-12-18(13-11-17)31-25(33)34-15-23-21-8-4-2-6-19(21)20-7-3-5-9-22(20)23/h5-8,10-17,20-21,28H,4,9,18-19H2,1-3H3,(H,33,35)(H2,31,32,34);2-13,16,23H,14-15H2,1H3,(H,30,32)(H,31,33)/t20-,21-;16-/m11/s1. The summed E-state index contributed by atoms with van der Waals surface area (Å²) < 4.78 is 48.2. The first-order chi connectivity index (χ1) is 33.7. The maximum atomic E-state index is 12.5. The molecule has 5 N–H and O–H groups in total. The molecule has 0 spiro atoms. The fraction of sp³-hybridized carbons (Fsp3) is 0.286. The summed E-state index contributed by atoms with van der Waals surface area (Å²) in [7, 11) is 0. The minimum Gasteiger partial charge on any atom is -0.448 e. The molecule has 0 saturated carbocycles. The number of alkyl halides is 3. The lowest BCUT2D eigenvalue weighted by atomic mass is 9.98. The summed E-state index contributed by atoms with van der Waals surface area (Å²) >= 11 is 0. The number of fused-ring (bicyclic) bond motifs is 6. The maximum Gasteiger partial charge on any atom is 0.471 e. The van der Waals surface area contributed by atoms with Gasteiger partial charge in [0, 0.05) is 41.3 Å². The Hall–Kier alpha value is -7.61. The molecular weight excluding hydrogens is 896 g/mol. The van der Waals surface area contributed by atoms with E-state index in [1.165, 1.54) is 29.2 Å². The number of hydrogen-bond donors (Lipinski definition) is 5. The van der Waals surface area contributed by atoms with Gasteiger partial charge in [0.15, 0.2) is 0 Å². The molecule has 0 aromatic heterocycles. The number of nitrogens with one attached hydrogen (secondary N) is 5. The second-order valence-corrected chi connectivity index (χ2v) is 17.8. The molecule has 0 fully saturated rings. The number of urea groups is 1. The van der Waals surface area contributed by atoms with Crippen LogP contribution in [0.15, 0.2) is 146 Å². The molecular formula is C56H58F3N5O6. The number of ether oxygens (including phenoxy) is 2. The number of rotatable bonds is 15. The number of benzene rings is 6. The Morgan fingerprint density at radius 1 is 0.500 bits per heavy atom. The van der Waals surface area contributed by atoms with Crippen LogP contribution in [0.4, 0.5) is 38.9 Å². The Morgan fingerprint density at radius 2 is 0.843 bits per heavy atom. The lowest BCUT2D eigenvalue weighted by Gasteiger charge is -2.18. The fourth-order valence-corrected chi connectivity index (χ4v) is 9.06. The molecule has 0 unspecified atom stereocenters. The van der Waals surface area contributed by atoms with E-state index in [4.69, 9.17) is 9.47 Å². The fourth-order valence-electron chi connectivity index (χ4n) is 9.06. The molecule has 0 heterocycles. The van der Waals surface area contributed by atoms with Gasteiger partial charge in [0.05, 0.1) is 0 Å². The molecule has 3 atom stereocenters. The van der Waals surface area contributed by atoms with E-state index in [0.29, 0.717) is 23.4 Å². The molecule has 364 valence electrons. The van der Waals surface area contributed by atoms with Crippen molar-refractivity contribution in [2.24, 2.45) is 0 Å². The van der Waals surface area contributed by atoms with Gasteiger partial charge in [-0.3, -0.25) is 15.4 Å². The monoisotopic (exact) mass is 953 g/mol. The topological polar surface area (TPSA) is 147 Å². The summed E-state index contributed by atoms with van der Waals surface area (Å²) in [5.41, 5.74) is 12.3. The highest BCUT2D eigenvalue weighted by Gasteiger charge is 2.39. The minimum absolute atomic E-state index is 0.0141. The van der Waals surface area contributed by atoms with Gasteiger partial charge in [0.25, 0.3) is 0 Å². The third-order valence-electron chi connectivity index (χ3n) is 12.3. The van der Waals surface area contributed by atoms with E-state index in [0.717, 1.165) is 40.7 Å². The molecule has 0 radical (unpaired) electrons. The van der Waals surface area contributed by atoms with Crippen LogP contribution in [-0.2, 0) is 27.1 Å². The van der Waals surface area contributed by atoms with Gasteiger partial charge in [-0.1, -0.05) is 135 Å². The van der Waals surface area contributed by atoms with E-state index in [1.54, 1.807) is 24.3 Å². The van der Waals surface area contributed by atoms with Gasteiger partial charge in [-0.2, -0.15) is 13.2 Å². The Morgan fingerprint density at radius 3 is 1.20 bits per heavy atom. The molecule has 14 heteroatoms. The summed E-state index contributed by atoms with van der Waals surface area (Å²) in [4.78, 5) is 48.1. The zero-order chi connectivity index (χ0) is 49.8. The van der Waals surface area contributed by atoms with Crippen molar-refractivity contribution in [3.05, 3.63) is 179 Å². The zero-order valence-electron chi connectivity index (χ0n) is 39.6. The molecule has 8 rings (SSSR count). The predicted octanol–water partition coefficient (Wildman–Crippen LogP) is 12.1. The van der Waals surface area contributed by atoms with Gasteiger partial charge in [0.1, 0.15) is 13.2 Å². The molecule has 11 nitrogen and oxygen atoms in total. The number of carbonyl (C=O) groups excluding carboxylic acids is 4. The summed E-state index contributed by atoms with van der Waals surface area (Å²) in [6.45, 7) is 8.05.